The first kappa shape index (κ1) is 12.5. The summed E-state index contributed by atoms with van der Waals surface area (Å²) in [5.41, 5.74) is 2.47. The number of nitrogens with zero attached hydrogens (tertiary/aromatic N) is 1. The fourth-order valence-corrected chi connectivity index (χ4v) is 3.18. The molecule has 0 fully saturated rings. The van der Waals surface area contributed by atoms with Gasteiger partial charge in [-0.3, -0.25) is 0 Å². The molecule has 0 saturated carbocycles. The summed E-state index contributed by atoms with van der Waals surface area (Å²) >= 11 is 0. The molecular formula is C16H21NO2. The molecule has 19 heavy (non-hydrogen) atoms. The van der Waals surface area contributed by atoms with Gasteiger partial charge in [0.05, 0.1) is 18.4 Å². The minimum absolute atomic E-state index is 0.144. The van der Waals surface area contributed by atoms with Crippen LogP contribution in [0.15, 0.2) is 35.1 Å². The Bertz CT molecular complexity index is 566. The first-order chi connectivity index (χ1) is 8.98. The third-order valence-corrected chi connectivity index (χ3v) is 4.18. The monoisotopic (exact) mass is 259 g/mol. The smallest absolute Gasteiger partial charge is 0.126 e. The summed E-state index contributed by atoms with van der Waals surface area (Å²) in [4.78, 5) is 0. The summed E-state index contributed by atoms with van der Waals surface area (Å²) in [6, 6.07) is 6.14. The van der Waals surface area contributed by atoms with Gasteiger partial charge in [0.25, 0.3) is 0 Å². The molecule has 0 amide bonds. The molecule has 1 aliphatic rings. The number of fused-ring (bicyclic) bond motifs is 1. The van der Waals surface area contributed by atoms with Crippen LogP contribution in [0.2, 0.25) is 0 Å². The molecule has 3 heteroatoms. The van der Waals surface area contributed by atoms with Crippen molar-refractivity contribution in [2.75, 3.05) is 0 Å². The van der Waals surface area contributed by atoms with E-state index in [1.807, 2.05) is 12.1 Å². The summed E-state index contributed by atoms with van der Waals surface area (Å²) in [5.74, 6) is 0.955. The van der Waals surface area contributed by atoms with Crippen LogP contribution in [0.25, 0.3) is 0 Å². The molecule has 2 atom stereocenters. The summed E-state index contributed by atoms with van der Waals surface area (Å²) in [5, 5.41) is 10.3. The number of hydrogen-bond acceptors (Lipinski definition) is 2. The first-order valence-corrected chi connectivity index (χ1v) is 6.89. The molecule has 1 aliphatic carbocycles. The Morgan fingerprint density at radius 1 is 1.42 bits per heavy atom. The zero-order chi connectivity index (χ0) is 13.6. The van der Waals surface area contributed by atoms with E-state index in [1.54, 1.807) is 6.26 Å². The highest BCUT2D eigenvalue weighted by atomic mass is 16.3. The predicted molar refractivity (Wildman–Crippen MR) is 74.0 cm³/mol. The van der Waals surface area contributed by atoms with Crippen LogP contribution in [0.1, 0.15) is 56.4 Å². The van der Waals surface area contributed by atoms with Crippen LogP contribution in [0.4, 0.5) is 0 Å². The van der Waals surface area contributed by atoms with Gasteiger partial charge in [-0.25, -0.2) is 0 Å². The Hall–Kier alpha value is -1.48. The van der Waals surface area contributed by atoms with Gasteiger partial charge in [-0.15, -0.1) is 0 Å². The third kappa shape index (κ3) is 2.12. The number of aliphatic hydroxyl groups excluding tert-OH is 1. The molecule has 0 spiro atoms. The van der Waals surface area contributed by atoms with E-state index in [0.29, 0.717) is 0 Å². The standard InChI is InChI=1S/C16H21NO2/c1-11(15-5-4-8-19-15)17-7-6-12-13(17)9-16(2,3)10-14(12)18/h4-8,11,14,18H,9-10H2,1-3H3. The van der Waals surface area contributed by atoms with Crippen LogP contribution < -0.4 is 0 Å². The van der Waals surface area contributed by atoms with Gasteiger partial charge in [-0.2, -0.15) is 0 Å². The van der Waals surface area contributed by atoms with Crippen molar-refractivity contribution in [3.05, 3.63) is 47.7 Å². The lowest BCUT2D eigenvalue weighted by Crippen LogP contribution is -2.27. The molecule has 0 saturated heterocycles. The van der Waals surface area contributed by atoms with Crippen LogP contribution in [0, 0.1) is 5.41 Å². The lowest BCUT2D eigenvalue weighted by Gasteiger charge is -2.34. The van der Waals surface area contributed by atoms with Crippen molar-refractivity contribution in [1.82, 2.24) is 4.57 Å². The van der Waals surface area contributed by atoms with Gasteiger partial charge in [-0.1, -0.05) is 13.8 Å². The molecule has 2 aromatic heterocycles. The van der Waals surface area contributed by atoms with Gasteiger partial charge >= 0.3 is 0 Å². The van der Waals surface area contributed by atoms with Crippen LogP contribution in [-0.2, 0) is 6.42 Å². The highest BCUT2D eigenvalue weighted by Gasteiger charge is 2.34. The van der Waals surface area contributed by atoms with Crippen molar-refractivity contribution in [2.24, 2.45) is 5.41 Å². The average molecular weight is 259 g/mol. The number of aliphatic hydroxyl groups is 1. The highest BCUT2D eigenvalue weighted by Crippen LogP contribution is 2.42. The van der Waals surface area contributed by atoms with Gasteiger partial charge in [0.15, 0.2) is 0 Å². The van der Waals surface area contributed by atoms with Crippen LogP contribution in [-0.4, -0.2) is 9.67 Å². The molecular weight excluding hydrogens is 238 g/mol. The molecule has 0 bridgehead atoms. The summed E-state index contributed by atoms with van der Waals surface area (Å²) in [6.07, 6.45) is 5.27. The zero-order valence-corrected chi connectivity index (χ0v) is 11.8. The van der Waals surface area contributed by atoms with E-state index in [2.05, 4.69) is 37.6 Å². The maximum Gasteiger partial charge on any atom is 0.126 e. The van der Waals surface area contributed by atoms with Crippen molar-refractivity contribution in [3.8, 4) is 0 Å². The molecule has 2 aromatic rings. The number of hydrogen-bond donors (Lipinski definition) is 1. The molecule has 3 rings (SSSR count). The van der Waals surface area contributed by atoms with Gasteiger partial charge in [0.2, 0.25) is 0 Å². The lowest BCUT2D eigenvalue weighted by atomic mass is 9.75. The molecule has 2 unspecified atom stereocenters. The maximum atomic E-state index is 10.3. The minimum Gasteiger partial charge on any atom is -0.467 e. The molecule has 0 aliphatic heterocycles. The maximum absolute atomic E-state index is 10.3. The summed E-state index contributed by atoms with van der Waals surface area (Å²) in [7, 11) is 0. The van der Waals surface area contributed by atoms with E-state index in [0.717, 1.165) is 24.2 Å². The first-order valence-electron chi connectivity index (χ1n) is 6.89. The largest absolute Gasteiger partial charge is 0.467 e. The minimum atomic E-state index is -0.344. The second kappa shape index (κ2) is 4.27. The van der Waals surface area contributed by atoms with Gasteiger partial charge in [0, 0.05) is 17.5 Å². The second-order valence-corrected chi connectivity index (χ2v) is 6.38. The Morgan fingerprint density at radius 2 is 2.21 bits per heavy atom. The highest BCUT2D eigenvalue weighted by molar-refractivity contribution is 5.30. The summed E-state index contributed by atoms with van der Waals surface area (Å²) < 4.78 is 7.74. The van der Waals surface area contributed by atoms with Gasteiger partial charge in [0.1, 0.15) is 5.76 Å². The van der Waals surface area contributed by atoms with Crippen molar-refractivity contribution in [1.29, 1.82) is 0 Å². The van der Waals surface area contributed by atoms with Gasteiger partial charge < -0.3 is 14.1 Å². The predicted octanol–water partition coefficient (Wildman–Crippen LogP) is 3.70. The topological polar surface area (TPSA) is 38.3 Å². The zero-order valence-electron chi connectivity index (χ0n) is 11.8. The normalized spacial score (nSPS) is 23.1. The SMILES string of the molecule is CC(c1ccco1)n1ccc2c1CC(C)(C)CC2O. The Balaban J connectivity index is 2.01. The summed E-state index contributed by atoms with van der Waals surface area (Å²) in [6.45, 7) is 6.56. The van der Waals surface area contributed by atoms with Crippen molar-refractivity contribution < 1.29 is 9.52 Å². The third-order valence-electron chi connectivity index (χ3n) is 4.18. The van der Waals surface area contributed by atoms with Crippen molar-refractivity contribution >= 4 is 0 Å². The van der Waals surface area contributed by atoms with E-state index in [-0.39, 0.29) is 17.6 Å². The molecule has 1 N–H and O–H groups in total. The number of aromatic nitrogens is 1. The molecule has 2 heterocycles. The number of rotatable bonds is 2. The molecule has 0 aromatic carbocycles. The fraction of sp³-hybridized carbons (Fsp3) is 0.500. The molecule has 0 radical (unpaired) electrons. The van der Waals surface area contributed by atoms with Gasteiger partial charge in [-0.05, 0) is 43.4 Å². The van der Waals surface area contributed by atoms with Crippen molar-refractivity contribution in [2.45, 2.75) is 45.8 Å². The van der Waals surface area contributed by atoms with E-state index in [1.165, 1.54) is 5.69 Å². The Kier molecular flexibility index (Phi) is 2.82. The van der Waals surface area contributed by atoms with Crippen molar-refractivity contribution in [3.63, 3.8) is 0 Å². The van der Waals surface area contributed by atoms with E-state index < -0.39 is 0 Å². The Morgan fingerprint density at radius 3 is 2.89 bits per heavy atom. The fourth-order valence-electron chi connectivity index (χ4n) is 3.18. The quantitative estimate of drug-likeness (QED) is 0.893. The second-order valence-electron chi connectivity index (χ2n) is 6.38. The molecule has 3 nitrogen and oxygen atoms in total. The van der Waals surface area contributed by atoms with E-state index in [4.69, 9.17) is 4.42 Å². The van der Waals surface area contributed by atoms with Crippen LogP contribution in [0.5, 0.6) is 0 Å². The van der Waals surface area contributed by atoms with E-state index in [9.17, 15) is 5.11 Å². The van der Waals surface area contributed by atoms with Crippen LogP contribution in [0.3, 0.4) is 0 Å². The lowest BCUT2D eigenvalue weighted by molar-refractivity contribution is 0.0976. The Labute approximate surface area is 113 Å². The average Bonchev–Trinajstić information content (AvgIpc) is 2.94. The molecule has 102 valence electrons. The number of furan rings is 1. The van der Waals surface area contributed by atoms with Crippen LogP contribution >= 0.6 is 0 Å². The van der Waals surface area contributed by atoms with E-state index >= 15 is 0 Å².